The Morgan fingerprint density at radius 1 is 1.12 bits per heavy atom. The van der Waals surface area contributed by atoms with Crippen LogP contribution in [0.4, 0.5) is 5.69 Å². The lowest BCUT2D eigenvalue weighted by Crippen LogP contribution is -2.42. The molecule has 10 heteroatoms. The molecule has 3 aromatic rings. The van der Waals surface area contributed by atoms with Gasteiger partial charge in [-0.2, -0.15) is 0 Å². The second-order valence-corrected chi connectivity index (χ2v) is 8.74. The molecule has 0 unspecified atom stereocenters. The van der Waals surface area contributed by atoms with Gasteiger partial charge in [-0.05, 0) is 42.5 Å². The molecule has 9 nitrogen and oxygen atoms in total. The minimum atomic E-state index is -0.371. The zero-order chi connectivity index (χ0) is 23.5. The Morgan fingerprint density at radius 2 is 1.97 bits per heavy atom. The number of nitrogens with one attached hydrogen (secondary N) is 1. The van der Waals surface area contributed by atoms with Gasteiger partial charge in [0.15, 0.2) is 5.11 Å². The Hall–Kier alpha value is -3.34. The van der Waals surface area contributed by atoms with Crippen LogP contribution < -0.4 is 5.32 Å². The van der Waals surface area contributed by atoms with Gasteiger partial charge in [0.25, 0.3) is 5.69 Å². The van der Waals surface area contributed by atoms with Crippen molar-refractivity contribution in [3.63, 3.8) is 0 Å². The molecule has 0 radical (unpaired) electrons. The lowest BCUT2D eigenvalue weighted by atomic mass is 10.0. The molecular weight excluding hydrogens is 452 g/mol. The molecule has 2 atom stereocenters. The molecule has 176 valence electrons. The predicted molar refractivity (Wildman–Crippen MR) is 132 cm³/mol. The number of morpholine rings is 1. The summed E-state index contributed by atoms with van der Waals surface area (Å²) in [5, 5.41) is 15.5. The van der Waals surface area contributed by atoms with Crippen molar-refractivity contribution >= 4 is 23.0 Å². The van der Waals surface area contributed by atoms with Crippen LogP contribution in [0.1, 0.15) is 23.5 Å². The molecular formula is C24H26N6O3S. The quantitative estimate of drug-likeness (QED) is 0.315. The molecule has 2 saturated heterocycles. The molecule has 1 aromatic carbocycles. The van der Waals surface area contributed by atoms with Crippen LogP contribution in [0.2, 0.25) is 0 Å². The third kappa shape index (κ3) is 4.52. The highest BCUT2D eigenvalue weighted by atomic mass is 32.1. The van der Waals surface area contributed by atoms with Crippen molar-refractivity contribution in [2.24, 2.45) is 0 Å². The van der Waals surface area contributed by atoms with Crippen LogP contribution >= 0.6 is 12.2 Å². The van der Waals surface area contributed by atoms with Crippen LogP contribution in [0, 0.1) is 10.1 Å². The molecule has 0 amide bonds. The molecule has 4 heterocycles. The number of benzene rings is 1. The number of nitrogens with zero attached hydrogens (tertiary/aromatic N) is 5. The number of thiocarbonyl (C=S) groups is 1. The summed E-state index contributed by atoms with van der Waals surface area (Å²) < 4.78 is 7.49. The minimum absolute atomic E-state index is 0.0580. The lowest BCUT2D eigenvalue weighted by molar-refractivity contribution is -0.384. The topological polar surface area (TPSA) is 88.7 Å². The number of hydrogen-bond acceptors (Lipinski definition) is 6. The zero-order valence-electron chi connectivity index (χ0n) is 18.6. The first kappa shape index (κ1) is 22.5. The van der Waals surface area contributed by atoms with Crippen molar-refractivity contribution in [1.29, 1.82) is 0 Å². The van der Waals surface area contributed by atoms with E-state index in [0.29, 0.717) is 5.11 Å². The molecule has 0 saturated carbocycles. The van der Waals surface area contributed by atoms with E-state index >= 15 is 0 Å². The Labute approximate surface area is 203 Å². The molecule has 2 fully saturated rings. The molecule has 0 aliphatic carbocycles. The van der Waals surface area contributed by atoms with Gasteiger partial charge >= 0.3 is 0 Å². The second kappa shape index (κ2) is 9.88. The Balaban J connectivity index is 1.51. The van der Waals surface area contributed by atoms with Crippen molar-refractivity contribution in [2.45, 2.75) is 12.1 Å². The summed E-state index contributed by atoms with van der Waals surface area (Å²) in [6.07, 6.45) is 3.72. The van der Waals surface area contributed by atoms with Crippen molar-refractivity contribution in [2.75, 3.05) is 39.4 Å². The summed E-state index contributed by atoms with van der Waals surface area (Å²) in [7, 11) is 0. The fourth-order valence-corrected chi connectivity index (χ4v) is 5.00. The maximum Gasteiger partial charge on any atom is 0.271 e. The van der Waals surface area contributed by atoms with E-state index in [1.165, 1.54) is 6.07 Å². The van der Waals surface area contributed by atoms with Crippen LogP contribution in [-0.2, 0) is 4.74 Å². The highest BCUT2D eigenvalue weighted by molar-refractivity contribution is 7.80. The summed E-state index contributed by atoms with van der Waals surface area (Å²) in [6, 6.07) is 16.3. The first-order valence-electron chi connectivity index (χ1n) is 11.3. The fourth-order valence-electron chi connectivity index (χ4n) is 4.67. The van der Waals surface area contributed by atoms with Crippen LogP contribution in [0.5, 0.6) is 0 Å². The second-order valence-electron chi connectivity index (χ2n) is 8.35. The maximum absolute atomic E-state index is 11.4. The summed E-state index contributed by atoms with van der Waals surface area (Å²) >= 11 is 5.80. The number of nitro groups is 1. The molecule has 5 rings (SSSR count). The number of non-ortho nitro benzene ring substituents is 1. The summed E-state index contributed by atoms with van der Waals surface area (Å²) in [4.78, 5) is 20.2. The molecule has 1 N–H and O–H groups in total. The van der Waals surface area contributed by atoms with E-state index < -0.39 is 0 Å². The first-order chi connectivity index (χ1) is 16.6. The van der Waals surface area contributed by atoms with E-state index in [-0.39, 0.29) is 22.7 Å². The molecule has 2 aliphatic heterocycles. The van der Waals surface area contributed by atoms with Gasteiger partial charge < -0.3 is 19.5 Å². The average Bonchev–Trinajstić information content (AvgIpc) is 3.48. The Kier molecular flexibility index (Phi) is 6.52. The van der Waals surface area contributed by atoms with Crippen LogP contribution in [-0.4, -0.2) is 68.8 Å². The van der Waals surface area contributed by atoms with Crippen molar-refractivity contribution < 1.29 is 9.66 Å². The number of nitro benzene ring substituents is 1. The van der Waals surface area contributed by atoms with E-state index in [4.69, 9.17) is 17.0 Å². The fraction of sp³-hybridized carbons (Fsp3) is 0.333. The van der Waals surface area contributed by atoms with Gasteiger partial charge in [-0.25, -0.2) is 0 Å². The lowest BCUT2D eigenvalue weighted by Gasteiger charge is -2.32. The number of rotatable bonds is 7. The standard InChI is InChI=1S/C24H26N6O3S/c31-30(32)19-6-3-5-18(17-19)28-10-4-8-21(28)23-22(20-7-1-2-9-25-20)26-24(34)29(23)12-11-27-13-15-33-16-14-27/h1-10,17,22-23H,11-16H2,(H,26,34)/t22-,23+/m1/s1. The van der Waals surface area contributed by atoms with Crippen LogP contribution in [0.3, 0.4) is 0 Å². The number of pyridine rings is 1. The highest BCUT2D eigenvalue weighted by Gasteiger charge is 2.41. The van der Waals surface area contributed by atoms with Gasteiger partial charge in [-0.15, -0.1) is 0 Å². The van der Waals surface area contributed by atoms with E-state index in [9.17, 15) is 10.1 Å². The monoisotopic (exact) mass is 478 g/mol. The van der Waals surface area contributed by atoms with Gasteiger partial charge in [0, 0.05) is 56.4 Å². The zero-order valence-corrected chi connectivity index (χ0v) is 19.4. The highest BCUT2D eigenvalue weighted by Crippen LogP contribution is 2.39. The van der Waals surface area contributed by atoms with Crippen LogP contribution in [0.25, 0.3) is 5.69 Å². The van der Waals surface area contributed by atoms with Crippen molar-refractivity contribution in [3.05, 3.63) is 88.5 Å². The summed E-state index contributed by atoms with van der Waals surface area (Å²) in [5.74, 6) is 0. The van der Waals surface area contributed by atoms with E-state index in [1.807, 2.05) is 41.1 Å². The predicted octanol–water partition coefficient (Wildman–Crippen LogP) is 3.09. The van der Waals surface area contributed by atoms with Gasteiger partial charge in [0.1, 0.15) is 0 Å². The number of hydrogen-bond donors (Lipinski definition) is 1. The molecule has 0 bridgehead atoms. The van der Waals surface area contributed by atoms with E-state index in [0.717, 1.165) is 56.5 Å². The van der Waals surface area contributed by atoms with E-state index in [1.54, 1.807) is 18.3 Å². The van der Waals surface area contributed by atoms with Gasteiger partial charge in [-0.3, -0.25) is 20.0 Å². The first-order valence-corrected chi connectivity index (χ1v) is 11.7. The van der Waals surface area contributed by atoms with Gasteiger partial charge in [0.05, 0.1) is 41.6 Å². The molecule has 2 aromatic heterocycles. The SMILES string of the molecule is O=[N+]([O-])c1cccc(-n2cccc2[C@H]2[C@@H](c3ccccn3)NC(=S)N2CCN2CCOCC2)c1. The number of aromatic nitrogens is 2. The average molecular weight is 479 g/mol. The third-order valence-electron chi connectivity index (χ3n) is 6.36. The summed E-state index contributed by atoms with van der Waals surface area (Å²) in [5.41, 5.74) is 2.68. The summed E-state index contributed by atoms with van der Waals surface area (Å²) in [6.45, 7) is 4.93. The van der Waals surface area contributed by atoms with Crippen molar-refractivity contribution in [3.8, 4) is 5.69 Å². The minimum Gasteiger partial charge on any atom is -0.379 e. The van der Waals surface area contributed by atoms with E-state index in [2.05, 4.69) is 26.2 Å². The third-order valence-corrected chi connectivity index (χ3v) is 6.71. The smallest absolute Gasteiger partial charge is 0.271 e. The largest absolute Gasteiger partial charge is 0.379 e. The van der Waals surface area contributed by atoms with Crippen LogP contribution in [0.15, 0.2) is 67.0 Å². The van der Waals surface area contributed by atoms with Crippen molar-refractivity contribution in [1.82, 2.24) is 24.7 Å². The molecule has 2 aliphatic rings. The van der Waals surface area contributed by atoms with Gasteiger partial charge in [0.2, 0.25) is 0 Å². The Bertz CT molecular complexity index is 1160. The van der Waals surface area contributed by atoms with Gasteiger partial charge in [-0.1, -0.05) is 12.1 Å². The Morgan fingerprint density at radius 3 is 2.74 bits per heavy atom. The molecule has 0 spiro atoms. The normalized spacial score (nSPS) is 20.9. The maximum atomic E-state index is 11.4. The number of ether oxygens (including phenoxy) is 1. The molecule has 34 heavy (non-hydrogen) atoms.